The highest BCUT2D eigenvalue weighted by Crippen LogP contribution is 2.17. The van der Waals surface area contributed by atoms with Gasteiger partial charge in [0.2, 0.25) is 0 Å². The average Bonchev–Trinajstić information content (AvgIpc) is 2.43. The van der Waals surface area contributed by atoms with Crippen molar-refractivity contribution in [3.8, 4) is 0 Å². The minimum atomic E-state index is -0.404. The van der Waals surface area contributed by atoms with Crippen LogP contribution in [0.3, 0.4) is 0 Å². The summed E-state index contributed by atoms with van der Waals surface area (Å²) in [6, 6.07) is 1.75. The molecule has 2 heterocycles. The van der Waals surface area contributed by atoms with Gasteiger partial charge in [-0.3, -0.25) is 9.78 Å². The second-order valence-electron chi connectivity index (χ2n) is 3.71. The van der Waals surface area contributed by atoms with Gasteiger partial charge in [-0.2, -0.15) is 0 Å². The Morgan fingerprint density at radius 2 is 2.11 bits per heavy atom. The lowest BCUT2D eigenvalue weighted by atomic mass is 10.3. The van der Waals surface area contributed by atoms with Gasteiger partial charge in [0.05, 0.1) is 12.4 Å². The first-order chi connectivity index (χ1) is 9.10. The van der Waals surface area contributed by atoms with E-state index in [-0.39, 0.29) is 5.69 Å². The van der Waals surface area contributed by atoms with Gasteiger partial charge >= 0.3 is 0 Å². The number of hydrazine groups is 1. The lowest BCUT2D eigenvalue weighted by molar-refractivity contribution is 0.102. The topological polar surface area (TPSA) is 106 Å². The first-order valence-electron chi connectivity index (χ1n) is 5.32. The van der Waals surface area contributed by atoms with E-state index in [1.165, 1.54) is 12.4 Å². The van der Waals surface area contributed by atoms with Gasteiger partial charge in [0.15, 0.2) is 5.82 Å². The van der Waals surface area contributed by atoms with Gasteiger partial charge in [-0.15, -0.1) is 0 Å². The van der Waals surface area contributed by atoms with E-state index >= 15 is 0 Å². The monoisotopic (exact) mass is 322 g/mol. The molecule has 19 heavy (non-hydrogen) atoms. The summed E-state index contributed by atoms with van der Waals surface area (Å²) in [5, 5.41) is 2.64. The molecule has 0 atom stereocenters. The van der Waals surface area contributed by atoms with Crippen LogP contribution in [0.25, 0.3) is 0 Å². The fourth-order valence-electron chi connectivity index (χ4n) is 1.33. The van der Waals surface area contributed by atoms with Crippen LogP contribution < -0.4 is 16.6 Å². The van der Waals surface area contributed by atoms with Crippen molar-refractivity contribution >= 4 is 33.5 Å². The molecule has 0 aliphatic carbocycles. The summed E-state index contributed by atoms with van der Waals surface area (Å²) in [4.78, 5) is 23.9. The molecule has 98 valence electrons. The molecule has 2 aromatic rings. The molecule has 4 N–H and O–H groups in total. The van der Waals surface area contributed by atoms with E-state index < -0.39 is 5.91 Å². The zero-order chi connectivity index (χ0) is 13.8. The maximum atomic E-state index is 11.9. The van der Waals surface area contributed by atoms with Gasteiger partial charge < -0.3 is 10.7 Å². The fraction of sp³-hybridized carbons (Fsp3) is 0.0909. The van der Waals surface area contributed by atoms with Crippen LogP contribution in [0.1, 0.15) is 16.1 Å². The summed E-state index contributed by atoms with van der Waals surface area (Å²) in [5.74, 6) is 5.56. The normalized spacial score (nSPS) is 10.1. The Morgan fingerprint density at radius 3 is 2.79 bits per heavy atom. The van der Waals surface area contributed by atoms with E-state index in [1.807, 2.05) is 6.92 Å². The van der Waals surface area contributed by atoms with Crippen LogP contribution in [-0.2, 0) is 0 Å². The van der Waals surface area contributed by atoms with E-state index in [9.17, 15) is 4.79 Å². The Bertz CT molecular complexity index is 618. The maximum Gasteiger partial charge on any atom is 0.277 e. The summed E-state index contributed by atoms with van der Waals surface area (Å²) in [7, 11) is 0. The number of halogens is 1. The Morgan fingerprint density at radius 1 is 1.32 bits per heavy atom. The third-order valence-corrected chi connectivity index (χ3v) is 3.13. The smallest absolute Gasteiger partial charge is 0.277 e. The summed E-state index contributed by atoms with van der Waals surface area (Å²) >= 11 is 3.34. The Labute approximate surface area is 117 Å². The van der Waals surface area contributed by atoms with Crippen LogP contribution >= 0.6 is 15.9 Å². The van der Waals surface area contributed by atoms with Crippen LogP contribution in [-0.4, -0.2) is 20.9 Å². The van der Waals surface area contributed by atoms with Crippen molar-refractivity contribution < 1.29 is 4.79 Å². The molecule has 0 radical (unpaired) electrons. The highest BCUT2D eigenvalue weighted by atomic mass is 79.9. The van der Waals surface area contributed by atoms with Crippen molar-refractivity contribution in [2.75, 3.05) is 10.7 Å². The van der Waals surface area contributed by atoms with Crippen LogP contribution in [0.4, 0.5) is 11.6 Å². The molecule has 7 nitrogen and oxygen atoms in total. The number of aromatic nitrogens is 3. The number of anilines is 2. The van der Waals surface area contributed by atoms with Crippen LogP contribution in [0.5, 0.6) is 0 Å². The predicted octanol–water partition coefficient (Wildman–Crippen LogP) is 1.48. The number of hydrogen-bond acceptors (Lipinski definition) is 6. The molecule has 8 heteroatoms. The van der Waals surface area contributed by atoms with Crippen molar-refractivity contribution in [3.05, 3.63) is 40.4 Å². The van der Waals surface area contributed by atoms with E-state index in [0.717, 1.165) is 10.0 Å². The number of pyridine rings is 1. The summed E-state index contributed by atoms with van der Waals surface area (Å²) in [5.41, 5.74) is 3.44. The molecular weight excluding hydrogens is 312 g/mol. The highest BCUT2D eigenvalue weighted by molar-refractivity contribution is 9.10. The maximum absolute atomic E-state index is 11.9. The number of hydrogen-bond donors (Lipinski definition) is 3. The third-order valence-electron chi connectivity index (χ3n) is 2.30. The molecule has 0 spiro atoms. The van der Waals surface area contributed by atoms with Crippen molar-refractivity contribution in [3.63, 3.8) is 0 Å². The minimum absolute atomic E-state index is 0.151. The molecule has 0 aliphatic heterocycles. The number of rotatable bonds is 3. The molecule has 0 saturated carbocycles. The molecule has 0 aromatic carbocycles. The second kappa shape index (κ2) is 5.72. The van der Waals surface area contributed by atoms with Gasteiger partial charge in [-0.1, -0.05) is 0 Å². The molecular formula is C11H11BrN6O. The molecule has 2 rings (SSSR count). The largest absolute Gasteiger partial charge is 0.307 e. The Balaban J connectivity index is 2.18. The number of carbonyl (C=O) groups is 1. The van der Waals surface area contributed by atoms with Crippen molar-refractivity contribution in [2.45, 2.75) is 6.92 Å². The van der Waals surface area contributed by atoms with Crippen LogP contribution in [0.15, 0.2) is 29.1 Å². The van der Waals surface area contributed by atoms with Crippen LogP contribution in [0.2, 0.25) is 0 Å². The number of nitrogens with two attached hydrogens (primary N) is 1. The molecule has 0 unspecified atom stereocenters. The van der Waals surface area contributed by atoms with Crippen molar-refractivity contribution in [2.24, 2.45) is 5.84 Å². The third kappa shape index (κ3) is 3.24. The number of nitrogens with zero attached hydrogens (tertiary/aromatic N) is 3. The number of nitrogen functional groups attached to an aromatic ring is 1. The lowest BCUT2D eigenvalue weighted by Crippen LogP contribution is -2.17. The highest BCUT2D eigenvalue weighted by Gasteiger charge is 2.10. The SMILES string of the molecule is Cc1cc(NC(=O)c2cncc(NN)n2)ncc1Br. The Hall–Kier alpha value is -2.06. The van der Waals surface area contributed by atoms with Crippen molar-refractivity contribution in [1.29, 1.82) is 0 Å². The number of amides is 1. The number of aryl methyl sites for hydroxylation is 1. The zero-order valence-corrected chi connectivity index (χ0v) is 11.6. The molecule has 2 aromatic heterocycles. The number of carbonyl (C=O) groups excluding carboxylic acids is 1. The van der Waals surface area contributed by atoms with Gasteiger partial charge in [0.25, 0.3) is 5.91 Å². The minimum Gasteiger partial charge on any atom is -0.307 e. The quantitative estimate of drug-likeness (QED) is 0.583. The van der Waals surface area contributed by atoms with Crippen molar-refractivity contribution in [1.82, 2.24) is 15.0 Å². The molecule has 1 amide bonds. The lowest BCUT2D eigenvalue weighted by Gasteiger charge is -2.06. The summed E-state index contributed by atoms with van der Waals surface area (Å²) in [6.45, 7) is 1.90. The standard InChI is InChI=1S/C11H11BrN6O/c1-6-2-9(15-3-7(6)12)17-11(19)8-4-14-5-10(16-8)18-13/h2-5H,13H2,1H3,(H,16,18)(H,15,17,19). The van der Waals surface area contributed by atoms with Gasteiger partial charge in [0, 0.05) is 10.7 Å². The molecule has 0 fully saturated rings. The molecule has 0 saturated heterocycles. The summed E-state index contributed by atoms with van der Waals surface area (Å²) < 4.78 is 0.875. The second-order valence-corrected chi connectivity index (χ2v) is 4.56. The van der Waals surface area contributed by atoms with Crippen LogP contribution in [0, 0.1) is 6.92 Å². The van der Waals surface area contributed by atoms with E-state index in [0.29, 0.717) is 11.6 Å². The summed E-state index contributed by atoms with van der Waals surface area (Å²) in [6.07, 6.45) is 4.38. The Kier molecular flexibility index (Phi) is 4.03. The molecule has 0 bridgehead atoms. The van der Waals surface area contributed by atoms with E-state index in [2.05, 4.69) is 41.6 Å². The predicted molar refractivity (Wildman–Crippen MR) is 74.5 cm³/mol. The first kappa shape index (κ1) is 13.4. The van der Waals surface area contributed by atoms with E-state index in [4.69, 9.17) is 5.84 Å². The average molecular weight is 323 g/mol. The van der Waals surface area contributed by atoms with E-state index in [1.54, 1.807) is 12.3 Å². The van der Waals surface area contributed by atoms with Gasteiger partial charge in [-0.05, 0) is 34.5 Å². The zero-order valence-electron chi connectivity index (χ0n) is 10.0. The van der Waals surface area contributed by atoms with Gasteiger partial charge in [0.1, 0.15) is 11.5 Å². The fourth-order valence-corrected chi connectivity index (χ4v) is 1.55. The first-order valence-corrected chi connectivity index (χ1v) is 6.11. The number of nitrogens with one attached hydrogen (secondary N) is 2. The molecule has 0 aliphatic rings. The van der Waals surface area contributed by atoms with Gasteiger partial charge in [-0.25, -0.2) is 15.8 Å².